The van der Waals surface area contributed by atoms with Crippen LogP contribution in [0, 0.1) is 0 Å². The molecule has 27 heavy (non-hydrogen) atoms. The quantitative estimate of drug-likeness (QED) is 0.757. The van der Waals surface area contributed by atoms with E-state index in [0.717, 1.165) is 10.5 Å². The van der Waals surface area contributed by atoms with Gasteiger partial charge in [-0.25, -0.2) is 9.97 Å². The molecule has 0 aliphatic carbocycles. The minimum atomic E-state index is -4.61. The van der Waals surface area contributed by atoms with Crippen molar-refractivity contribution < 1.29 is 21.6 Å². The summed E-state index contributed by atoms with van der Waals surface area (Å²) >= 11 is 0. The number of nitrogens with zero attached hydrogens (tertiary/aromatic N) is 5. The second kappa shape index (κ2) is 7.24. The molecule has 1 N–H and O–H groups in total. The molecular weight excluding hydrogens is 409 g/mol. The molecule has 0 radical (unpaired) electrons. The number of hydrogen-bond donors (Lipinski definition) is 1. The van der Waals surface area contributed by atoms with E-state index in [1.807, 2.05) is 0 Å². The van der Waals surface area contributed by atoms with Crippen molar-refractivity contribution in [2.75, 3.05) is 18.4 Å². The summed E-state index contributed by atoms with van der Waals surface area (Å²) in [5.74, 6) is 0.0361. The van der Waals surface area contributed by atoms with Crippen molar-refractivity contribution in [3.8, 4) is 11.3 Å². The molecule has 8 nitrogen and oxygen atoms in total. The van der Waals surface area contributed by atoms with Gasteiger partial charge in [0.05, 0.1) is 11.9 Å². The lowest BCUT2D eigenvalue weighted by atomic mass is 10.1. The summed E-state index contributed by atoms with van der Waals surface area (Å²) in [6.45, 7) is 0.416. The van der Waals surface area contributed by atoms with Gasteiger partial charge < -0.3 is 5.32 Å². The van der Waals surface area contributed by atoms with Crippen LogP contribution in [0.4, 0.5) is 19.1 Å². The van der Waals surface area contributed by atoms with Gasteiger partial charge in [-0.15, -0.1) is 0 Å². The molecule has 13 heteroatoms. The zero-order chi connectivity index (χ0) is 19.8. The number of aryl methyl sites for hydroxylation is 1. The molecule has 3 heterocycles. The summed E-state index contributed by atoms with van der Waals surface area (Å²) in [4.78, 5) is 7.80. The van der Waals surface area contributed by atoms with Crippen LogP contribution in [0.5, 0.6) is 0 Å². The lowest BCUT2D eigenvalue weighted by molar-refractivity contribution is -0.137. The molecule has 2 aromatic rings. The van der Waals surface area contributed by atoms with E-state index >= 15 is 0 Å². The molecule has 1 saturated heterocycles. The summed E-state index contributed by atoms with van der Waals surface area (Å²) in [6, 6.07) is -0.182. The number of piperidine rings is 1. The Balaban J connectivity index is 1.81. The number of rotatable bonds is 4. The number of alkyl halides is 3. The molecule has 2 aromatic heterocycles. The van der Waals surface area contributed by atoms with E-state index in [9.17, 15) is 21.6 Å². The highest BCUT2D eigenvalue weighted by Crippen LogP contribution is 2.36. The summed E-state index contributed by atoms with van der Waals surface area (Å²) < 4.78 is 65.0. The molecule has 3 rings (SSSR count). The fraction of sp³-hybridized carbons (Fsp3) is 0.500. The van der Waals surface area contributed by atoms with Crippen molar-refractivity contribution in [3.05, 3.63) is 24.2 Å². The molecule has 1 fully saturated rings. The summed E-state index contributed by atoms with van der Waals surface area (Å²) in [6.07, 6.45) is -0.284. The van der Waals surface area contributed by atoms with E-state index in [1.165, 1.54) is 17.1 Å². The van der Waals surface area contributed by atoms with E-state index < -0.39 is 21.0 Å². The van der Waals surface area contributed by atoms with E-state index in [2.05, 4.69) is 20.4 Å². The average molecular weight is 425 g/mol. The Bertz CT molecular complexity index is 925. The van der Waals surface area contributed by atoms with Crippen molar-refractivity contribution in [3.63, 3.8) is 0 Å². The maximum atomic E-state index is 13.3. The highest BCUT2D eigenvalue weighted by atomic mass is 35.7. The summed E-state index contributed by atoms with van der Waals surface area (Å²) in [5.41, 5.74) is -1.00. The number of nitrogens with one attached hydrogen (secondary N) is 1. The van der Waals surface area contributed by atoms with Gasteiger partial charge in [0.2, 0.25) is 5.95 Å². The van der Waals surface area contributed by atoms with Crippen LogP contribution in [0.1, 0.15) is 18.4 Å². The molecular formula is C14H16ClF3N6O2S. The number of hydrogen-bond acceptors (Lipinski definition) is 6. The number of anilines is 1. The van der Waals surface area contributed by atoms with E-state index in [0.29, 0.717) is 12.8 Å². The Morgan fingerprint density at radius 3 is 2.44 bits per heavy atom. The average Bonchev–Trinajstić information content (AvgIpc) is 3.00. The van der Waals surface area contributed by atoms with Gasteiger partial charge in [0.1, 0.15) is 5.56 Å². The van der Waals surface area contributed by atoms with Crippen LogP contribution < -0.4 is 5.32 Å². The van der Waals surface area contributed by atoms with Crippen molar-refractivity contribution in [1.29, 1.82) is 0 Å². The van der Waals surface area contributed by atoms with Crippen LogP contribution in [0.3, 0.4) is 0 Å². The van der Waals surface area contributed by atoms with Gasteiger partial charge in [0, 0.05) is 54.8 Å². The van der Waals surface area contributed by atoms with Crippen LogP contribution >= 0.6 is 10.7 Å². The first kappa shape index (κ1) is 19.8. The van der Waals surface area contributed by atoms with E-state index in [-0.39, 0.29) is 36.3 Å². The molecule has 0 spiro atoms. The Morgan fingerprint density at radius 2 is 1.93 bits per heavy atom. The van der Waals surface area contributed by atoms with Crippen LogP contribution in [-0.2, 0) is 22.5 Å². The first-order chi connectivity index (χ1) is 12.5. The topological polar surface area (TPSA) is 93.0 Å². The first-order valence-corrected chi connectivity index (χ1v) is 10.2. The fourth-order valence-electron chi connectivity index (χ4n) is 2.82. The Morgan fingerprint density at radius 1 is 1.26 bits per heavy atom. The van der Waals surface area contributed by atoms with Crippen LogP contribution in [0.25, 0.3) is 11.3 Å². The third kappa shape index (κ3) is 4.68. The molecule has 1 aliphatic rings. The Kier molecular flexibility index (Phi) is 5.32. The molecule has 0 saturated carbocycles. The molecule has 1 aliphatic heterocycles. The zero-order valence-corrected chi connectivity index (χ0v) is 15.7. The van der Waals surface area contributed by atoms with Crippen LogP contribution in [0.15, 0.2) is 18.6 Å². The molecule has 0 unspecified atom stereocenters. The van der Waals surface area contributed by atoms with Gasteiger partial charge in [-0.1, -0.05) is 0 Å². The molecule has 148 valence electrons. The van der Waals surface area contributed by atoms with Crippen molar-refractivity contribution in [2.24, 2.45) is 7.05 Å². The molecule has 0 amide bonds. The van der Waals surface area contributed by atoms with Crippen molar-refractivity contribution >= 4 is 25.9 Å². The standard InChI is InChI=1S/C14H16ClF3N6O2S/c1-23-8-9(6-20-23)12-11(14(16,17)18)7-19-13(22-12)21-10-2-4-24(5-3-10)27(15,25)26/h6-8,10H,2-5H2,1H3,(H,19,21,22). The SMILES string of the molecule is Cn1cc(-c2nc(NC3CCN(S(=O)(=O)Cl)CC3)ncc2C(F)(F)F)cn1. The van der Waals surface area contributed by atoms with Gasteiger partial charge in [0.15, 0.2) is 0 Å². The van der Waals surface area contributed by atoms with Crippen molar-refractivity contribution in [1.82, 2.24) is 24.1 Å². The molecule has 0 atom stereocenters. The second-order valence-electron chi connectivity index (χ2n) is 6.12. The monoisotopic (exact) mass is 424 g/mol. The predicted octanol–water partition coefficient (Wildman–Crippen LogP) is 2.26. The van der Waals surface area contributed by atoms with Gasteiger partial charge in [-0.2, -0.15) is 31.0 Å². The lowest BCUT2D eigenvalue weighted by Gasteiger charge is -2.29. The summed E-state index contributed by atoms with van der Waals surface area (Å²) in [7, 11) is 3.13. The molecule has 0 aromatic carbocycles. The maximum Gasteiger partial charge on any atom is 0.419 e. The maximum absolute atomic E-state index is 13.3. The van der Waals surface area contributed by atoms with E-state index in [4.69, 9.17) is 10.7 Å². The van der Waals surface area contributed by atoms with Crippen LogP contribution in [0.2, 0.25) is 0 Å². The number of halogens is 4. The van der Waals surface area contributed by atoms with Crippen molar-refractivity contribution in [2.45, 2.75) is 25.1 Å². The lowest BCUT2D eigenvalue weighted by Crippen LogP contribution is -2.40. The smallest absolute Gasteiger partial charge is 0.351 e. The zero-order valence-electron chi connectivity index (χ0n) is 14.1. The third-order valence-corrected chi connectivity index (χ3v) is 5.74. The normalized spacial score (nSPS) is 17.2. The minimum Gasteiger partial charge on any atom is -0.351 e. The predicted molar refractivity (Wildman–Crippen MR) is 92.2 cm³/mol. The Hall–Kier alpha value is -1.92. The van der Waals surface area contributed by atoms with E-state index in [1.54, 1.807) is 7.05 Å². The van der Waals surface area contributed by atoms with Gasteiger partial charge in [0.25, 0.3) is 9.24 Å². The highest BCUT2D eigenvalue weighted by molar-refractivity contribution is 8.11. The number of aromatic nitrogens is 4. The third-order valence-electron chi connectivity index (χ3n) is 4.17. The van der Waals surface area contributed by atoms with Gasteiger partial charge in [-0.05, 0) is 12.8 Å². The summed E-state index contributed by atoms with van der Waals surface area (Å²) in [5, 5.41) is 6.85. The van der Waals surface area contributed by atoms with Gasteiger partial charge >= 0.3 is 6.18 Å². The van der Waals surface area contributed by atoms with Gasteiger partial charge in [-0.3, -0.25) is 4.68 Å². The fourth-order valence-corrected chi connectivity index (χ4v) is 3.88. The highest BCUT2D eigenvalue weighted by Gasteiger charge is 2.36. The largest absolute Gasteiger partial charge is 0.419 e. The Labute approximate surface area is 157 Å². The first-order valence-electron chi connectivity index (χ1n) is 7.93. The second-order valence-corrected chi connectivity index (χ2v) is 8.63. The molecule has 0 bridgehead atoms. The minimum absolute atomic E-state index is 0.0361. The van der Waals surface area contributed by atoms with Crippen LogP contribution in [-0.4, -0.2) is 51.6 Å².